The number of amides is 1. The Morgan fingerprint density at radius 1 is 1.40 bits per heavy atom. The average molecular weight is 277 g/mol. The number of rotatable bonds is 5. The lowest BCUT2D eigenvalue weighted by atomic mass is 10.1. The minimum atomic E-state index is -0.692. The molecule has 3 rings (SSSR count). The summed E-state index contributed by atoms with van der Waals surface area (Å²) in [6, 6.07) is 5.57. The summed E-state index contributed by atoms with van der Waals surface area (Å²) in [7, 11) is 0. The number of hydrogen-bond acceptors (Lipinski definition) is 3. The molecule has 0 bridgehead atoms. The fraction of sp³-hybridized carbons (Fsp3) is 0.533. The zero-order chi connectivity index (χ0) is 14.1. The lowest BCUT2D eigenvalue weighted by molar-refractivity contribution is 0.0997. The van der Waals surface area contributed by atoms with Crippen molar-refractivity contribution in [2.75, 3.05) is 18.0 Å². The second-order valence-corrected chi connectivity index (χ2v) is 5.68. The molecule has 1 unspecified atom stereocenters. The normalized spacial score (nSPS) is 21.9. The Bertz CT molecular complexity index is 510. The molecule has 5 heteroatoms. The number of nitrogens with one attached hydrogen (secondary N) is 1. The van der Waals surface area contributed by atoms with Crippen LogP contribution < -0.4 is 16.0 Å². The van der Waals surface area contributed by atoms with E-state index in [0.29, 0.717) is 17.8 Å². The molecule has 0 radical (unpaired) electrons. The summed E-state index contributed by atoms with van der Waals surface area (Å²) >= 11 is 0. The smallest absolute Gasteiger partial charge is 0.253 e. The molecule has 1 saturated carbocycles. The van der Waals surface area contributed by atoms with Gasteiger partial charge in [-0.3, -0.25) is 4.79 Å². The topological polar surface area (TPSA) is 58.4 Å². The van der Waals surface area contributed by atoms with Crippen molar-refractivity contribution in [3.05, 3.63) is 29.6 Å². The van der Waals surface area contributed by atoms with Crippen LogP contribution >= 0.6 is 0 Å². The van der Waals surface area contributed by atoms with E-state index < -0.39 is 11.7 Å². The van der Waals surface area contributed by atoms with E-state index in [1.165, 1.54) is 12.5 Å². The summed E-state index contributed by atoms with van der Waals surface area (Å²) in [6.07, 6.45) is 4.50. The van der Waals surface area contributed by atoms with Crippen molar-refractivity contribution in [1.29, 1.82) is 0 Å². The fourth-order valence-corrected chi connectivity index (χ4v) is 2.98. The van der Waals surface area contributed by atoms with Gasteiger partial charge >= 0.3 is 0 Å². The number of nitrogens with zero attached hydrogens (tertiary/aromatic N) is 1. The monoisotopic (exact) mass is 277 g/mol. The number of carbonyl (C=O) groups is 1. The van der Waals surface area contributed by atoms with Crippen LogP contribution in [0.15, 0.2) is 18.2 Å². The van der Waals surface area contributed by atoms with E-state index in [1.54, 1.807) is 12.1 Å². The van der Waals surface area contributed by atoms with Crippen molar-refractivity contribution >= 4 is 11.6 Å². The van der Waals surface area contributed by atoms with Gasteiger partial charge in [-0.1, -0.05) is 6.07 Å². The third kappa shape index (κ3) is 2.63. The Kier molecular flexibility index (Phi) is 3.61. The molecule has 0 spiro atoms. The largest absolute Gasteiger partial charge is 0.366 e. The maximum absolute atomic E-state index is 13.9. The third-order valence-electron chi connectivity index (χ3n) is 4.11. The second-order valence-electron chi connectivity index (χ2n) is 5.68. The zero-order valence-electron chi connectivity index (χ0n) is 11.4. The van der Waals surface area contributed by atoms with Gasteiger partial charge < -0.3 is 16.0 Å². The highest BCUT2D eigenvalue weighted by Gasteiger charge is 2.33. The molecule has 1 heterocycles. The van der Waals surface area contributed by atoms with Gasteiger partial charge in [0.05, 0.1) is 11.3 Å². The lowest BCUT2D eigenvalue weighted by Gasteiger charge is -2.29. The maximum Gasteiger partial charge on any atom is 0.253 e. The summed E-state index contributed by atoms with van der Waals surface area (Å²) in [4.78, 5) is 13.7. The van der Waals surface area contributed by atoms with E-state index >= 15 is 0 Å². The Hall–Kier alpha value is -1.62. The van der Waals surface area contributed by atoms with Gasteiger partial charge in [0.25, 0.3) is 5.91 Å². The number of nitrogens with two attached hydrogens (primary N) is 1. The van der Waals surface area contributed by atoms with Crippen molar-refractivity contribution in [2.24, 2.45) is 5.73 Å². The molecule has 2 aliphatic rings. The van der Waals surface area contributed by atoms with Gasteiger partial charge in [-0.2, -0.15) is 0 Å². The number of carbonyl (C=O) groups excluding carboxylic acids is 1. The molecule has 2 fully saturated rings. The van der Waals surface area contributed by atoms with Crippen molar-refractivity contribution in [1.82, 2.24) is 5.32 Å². The molecule has 1 saturated heterocycles. The van der Waals surface area contributed by atoms with Gasteiger partial charge in [-0.25, -0.2) is 4.39 Å². The minimum absolute atomic E-state index is 0.0254. The molecule has 3 N–H and O–H groups in total. The van der Waals surface area contributed by atoms with E-state index in [4.69, 9.17) is 5.73 Å². The van der Waals surface area contributed by atoms with E-state index in [9.17, 15) is 9.18 Å². The van der Waals surface area contributed by atoms with Crippen molar-refractivity contribution in [2.45, 2.75) is 37.8 Å². The van der Waals surface area contributed by atoms with Gasteiger partial charge in [0, 0.05) is 18.6 Å². The first-order chi connectivity index (χ1) is 9.66. The predicted molar refractivity (Wildman–Crippen MR) is 76.3 cm³/mol. The SMILES string of the molecule is NC(=O)c1c(F)cccc1N(CC1CCCN1)C1CC1. The van der Waals surface area contributed by atoms with Crippen molar-refractivity contribution in [3.8, 4) is 0 Å². The molecule has 108 valence electrons. The first-order valence-corrected chi connectivity index (χ1v) is 7.25. The number of anilines is 1. The molecule has 20 heavy (non-hydrogen) atoms. The highest BCUT2D eigenvalue weighted by molar-refractivity contribution is 5.99. The highest BCUT2D eigenvalue weighted by Crippen LogP contribution is 2.35. The lowest BCUT2D eigenvalue weighted by Crippen LogP contribution is -2.40. The van der Waals surface area contributed by atoms with Crippen LogP contribution in [0.25, 0.3) is 0 Å². The molecule has 1 aliphatic carbocycles. The second kappa shape index (κ2) is 5.40. The first-order valence-electron chi connectivity index (χ1n) is 7.25. The summed E-state index contributed by atoms with van der Waals surface area (Å²) in [5.41, 5.74) is 6.03. The number of halogens is 1. The predicted octanol–water partition coefficient (Wildman–Crippen LogP) is 1.65. The molecule has 1 atom stereocenters. The Balaban J connectivity index is 1.90. The molecule has 0 aromatic heterocycles. The minimum Gasteiger partial charge on any atom is -0.366 e. The molecule has 1 aliphatic heterocycles. The van der Waals surface area contributed by atoms with E-state index in [2.05, 4.69) is 10.2 Å². The first kappa shape index (κ1) is 13.4. The van der Waals surface area contributed by atoms with Crippen LogP contribution in [-0.4, -0.2) is 31.1 Å². The van der Waals surface area contributed by atoms with Gasteiger partial charge in [0.15, 0.2) is 0 Å². The summed E-state index contributed by atoms with van der Waals surface area (Å²) < 4.78 is 13.9. The van der Waals surface area contributed by atoms with E-state index in [-0.39, 0.29) is 5.56 Å². The number of hydrogen-bond donors (Lipinski definition) is 2. The van der Waals surface area contributed by atoms with Crippen LogP contribution in [0, 0.1) is 5.82 Å². The molecular weight excluding hydrogens is 257 g/mol. The molecule has 1 aromatic carbocycles. The summed E-state index contributed by atoms with van der Waals surface area (Å²) in [5.74, 6) is -1.22. The number of primary amides is 1. The quantitative estimate of drug-likeness (QED) is 0.860. The van der Waals surface area contributed by atoms with Crippen LogP contribution in [0.3, 0.4) is 0 Å². The summed E-state index contributed by atoms with van der Waals surface area (Å²) in [5, 5.41) is 3.45. The highest BCUT2D eigenvalue weighted by atomic mass is 19.1. The fourth-order valence-electron chi connectivity index (χ4n) is 2.98. The molecule has 1 amide bonds. The van der Waals surface area contributed by atoms with E-state index in [0.717, 1.165) is 32.4 Å². The van der Waals surface area contributed by atoms with Gasteiger partial charge in [0.1, 0.15) is 5.82 Å². The summed E-state index contributed by atoms with van der Waals surface area (Å²) in [6.45, 7) is 1.85. The Labute approximate surface area is 118 Å². The Morgan fingerprint density at radius 2 is 2.20 bits per heavy atom. The van der Waals surface area contributed by atoms with Gasteiger partial charge in [-0.15, -0.1) is 0 Å². The van der Waals surface area contributed by atoms with Crippen LogP contribution in [0.2, 0.25) is 0 Å². The van der Waals surface area contributed by atoms with Crippen molar-refractivity contribution in [3.63, 3.8) is 0 Å². The number of benzene rings is 1. The Morgan fingerprint density at radius 3 is 2.80 bits per heavy atom. The maximum atomic E-state index is 13.9. The molecular formula is C15H20FN3O. The van der Waals surface area contributed by atoms with Crippen molar-refractivity contribution < 1.29 is 9.18 Å². The van der Waals surface area contributed by atoms with Crippen LogP contribution in [0.4, 0.5) is 10.1 Å². The van der Waals surface area contributed by atoms with Gasteiger partial charge in [0.2, 0.25) is 0 Å². The zero-order valence-corrected chi connectivity index (χ0v) is 11.4. The van der Waals surface area contributed by atoms with Crippen LogP contribution in [-0.2, 0) is 0 Å². The molecule has 1 aromatic rings. The van der Waals surface area contributed by atoms with Crippen LogP contribution in [0.1, 0.15) is 36.0 Å². The van der Waals surface area contributed by atoms with Gasteiger partial charge in [-0.05, 0) is 44.4 Å². The van der Waals surface area contributed by atoms with E-state index in [1.807, 2.05) is 0 Å². The van der Waals surface area contributed by atoms with Crippen LogP contribution in [0.5, 0.6) is 0 Å². The molecule has 4 nitrogen and oxygen atoms in total. The average Bonchev–Trinajstić information content (AvgIpc) is 3.12. The standard InChI is InChI=1S/C15H20FN3O/c16-12-4-1-5-13(14(12)15(17)20)19(11-6-7-11)9-10-3-2-8-18-10/h1,4-5,10-11,18H,2-3,6-9H2,(H2,17,20). The third-order valence-corrected chi connectivity index (χ3v) is 4.11.